The Balaban J connectivity index is 1.75. The Hall–Kier alpha value is -1.41. The molecule has 2 aromatic rings. The summed E-state index contributed by atoms with van der Waals surface area (Å²) in [6, 6.07) is 8.45. The number of benzene rings is 1. The van der Waals surface area contributed by atoms with Crippen LogP contribution in [0.1, 0.15) is 25.3 Å². The fourth-order valence-electron chi connectivity index (χ4n) is 2.21. The zero-order chi connectivity index (χ0) is 11.7. The lowest BCUT2D eigenvalue weighted by molar-refractivity contribution is 0.500. The van der Waals surface area contributed by atoms with Gasteiger partial charge in [-0.3, -0.25) is 4.98 Å². The van der Waals surface area contributed by atoms with Crippen molar-refractivity contribution >= 4 is 10.8 Å². The van der Waals surface area contributed by atoms with Crippen molar-refractivity contribution in [3.05, 3.63) is 42.2 Å². The van der Waals surface area contributed by atoms with E-state index in [-0.39, 0.29) is 0 Å². The summed E-state index contributed by atoms with van der Waals surface area (Å²) < 4.78 is 0. The molecule has 2 heteroatoms. The van der Waals surface area contributed by atoms with Gasteiger partial charge >= 0.3 is 0 Å². The van der Waals surface area contributed by atoms with Gasteiger partial charge < -0.3 is 5.32 Å². The van der Waals surface area contributed by atoms with Gasteiger partial charge in [-0.2, -0.15) is 0 Å². The second-order valence-electron chi connectivity index (χ2n) is 5.43. The Labute approximate surface area is 102 Å². The zero-order valence-electron chi connectivity index (χ0n) is 10.2. The summed E-state index contributed by atoms with van der Waals surface area (Å²) in [5.41, 5.74) is 1.87. The van der Waals surface area contributed by atoms with Crippen LogP contribution < -0.4 is 5.32 Å². The lowest BCUT2D eigenvalue weighted by atomic mass is 10.1. The Morgan fingerprint density at radius 3 is 2.88 bits per heavy atom. The van der Waals surface area contributed by atoms with Crippen LogP contribution in [0, 0.1) is 5.41 Å². The summed E-state index contributed by atoms with van der Waals surface area (Å²) in [5.74, 6) is 0. The van der Waals surface area contributed by atoms with Gasteiger partial charge in [0.2, 0.25) is 0 Å². The maximum atomic E-state index is 4.30. The number of fused-ring (bicyclic) bond motifs is 1. The number of rotatable bonds is 4. The molecule has 0 spiro atoms. The summed E-state index contributed by atoms with van der Waals surface area (Å²) in [7, 11) is 0. The molecule has 1 heterocycles. The lowest BCUT2D eigenvalue weighted by Gasteiger charge is -2.11. The lowest BCUT2D eigenvalue weighted by Crippen LogP contribution is -2.21. The zero-order valence-corrected chi connectivity index (χ0v) is 10.2. The van der Waals surface area contributed by atoms with Crippen molar-refractivity contribution < 1.29 is 0 Å². The van der Waals surface area contributed by atoms with Gasteiger partial charge in [0.05, 0.1) is 0 Å². The van der Waals surface area contributed by atoms with Crippen molar-refractivity contribution in [3.63, 3.8) is 0 Å². The van der Waals surface area contributed by atoms with E-state index in [2.05, 4.69) is 41.5 Å². The van der Waals surface area contributed by atoms with Crippen molar-refractivity contribution in [1.82, 2.24) is 10.3 Å². The molecule has 1 saturated carbocycles. The fraction of sp³-hybridized carbons (Fsp3) is 0.400. The van der Waals surface area contributed by atoms with Gasteiger partial charge in [-0.25, -0.2) is 0 Å². The van der Waals surface area contributed by atoms with Gasteiger partial charge in [-0.15, -0.1) is 0 Å². The monoisotopic (exact) mass is 226 g/mol. The predicted octanol–water partition coefficient (Wildman–Crippen LogP) is 3.12. The number of pyridine rings is 1. The van der Waals surface area contributed by atoms with Gasteiger partial charge in [0, 0.05) is 30.9 Å². The van der Waals surface area contributed by atoms with E-state index in [9.17, 15) is 0 Å². The molecule has 1 aromatic carbocycles. The van der Waals surface area contributed by atoms with Gasteiger partial charge in [-0.05, 0) is 29.2 Å². The highest BCUT2D eigenvalue weighted by Crippen LogP contribution is 2.44. The maximum absolute atomic E-state index is 4.30. The molecule has 1 fully saturated rings. The molecule has 88 valence electrons. The summed E-state index contributed by atoms with van der Waals surface area (Å²) in [5, 5.41) is 6.10. The van der Waals surface area contributed by atoms with E-state index in [0.717, 1.165) is 13.1 Å². The molecule has 1 aromatic heterocycles. The van der Waals surface area contributed by atoms with Gasteiger partial charge in [0.15, 0.2) is 0 Å². The molecule has 0 saturated heterocycles. The molecule has 0 unspecified atom stereocenters. The molecule has 0 aliphatic heterocycles. The smallest absolute Gasteiger partial charge is 0.0346 e. The van der Waals surface area contributed by atoms with Crippen molar-refractivity contribution in [1.29, 1.82) is 0 Å². The SMILES string of the molecule is CC1(CNCc2cncc3ccccc23)CC1. The van der Waals surface area contributed by atoms with Crippen LogP contribution >= 0.6 is 0 Å². The molecule has 3 rings (SSSR count). The number of nitrogens with zero attached hydrogens (tertiary/aromatic N) is 1. The van der Waals surface area contributed by atoms with E-state index < -0.39 is 0 Å². The highest BCUT2D eigenvalue weighted by molar-refractivity contribution is 5.84. The average Bonchev–Trinajstić information content (AvgIpc) is 3.08. The molecular formula is C15H18N2. The number of hydrogen-bond acceptors (Lipinski definition) is 2. The van der Waals surface area contributed by atoms with E-state index in [4.69, 9.17) is 0 Å². The van der Waals surface area contributed by atoms with Crippen LogP contribution in [0.4, 0.5) is 0 Å². The van der Waals surface area contributed by atoms with E-state index in [1.807, 2.05) is 12.4 Å². The minimum Gasteiger partial charge on any atom is -0.312 e. The Kier molecular flexibility index (Phi) is 2.60. The standard InChI is InChI=1S/C15H18N2/c1-15(6-7-15)11-17-10-13-9-16-8-12-4-2-3-5-14(12)13/h2-5,8-9,17H,6-7,10-11H2,1H3. The molecule has 2 nitrogen and oxygen atoms in total. The summed E-state index contributed by atoms with van der Waals surface area (Å²) in [6.07, 6.45) is 6.65. The first kappa shape index (κ1) is 10.7. The highest BCUT2D eigenvalue weighted by Gasteiger charge is 2.36. The third kappa shape index (κ3) is 2.32. The van der Waals surface area contributed by atoms with Crippen molar-refractivity contribution in [3.8, 4) is 0 Å². The van der Waals surface area contributed by atoms with Crippen molar-refractivity contribution in [2.45, 2.75) is 26.3 Å². The molecule has 0 bridgehead atoms. The first-order valence-corrected chi connectivity index (χ1v) is 6.29. The molecule has 0 amide bonds. The third-order valence-corrected chi connectivity index (χ3v) is 3.72. The Morgan fingerprint density at radius 2 is 2.06 bits per heavy atom. The largest absolute Gasteiger partial charge is 0.312 e. The molecular weight excluding hydrogens is 208 g/mol. The van der Waals surface area contributed by atoms with Gasteiger partial charge in [0.1, 0.15) is 0 Å². The molecule has 0 atom stereocenters. The minimum absolute atomic E-state index is 0.567. The van der Waals surface area contributed by atoms with E-state index in [0.29, 0.717) is 5.41 Å². The van der Waals surface area contributed by atoms with Crippen LogP contribution in [0.15, 0.2) is 36.7 Å². The van der Waals surface area contributed by atoms with Gasteiger partial charge in [0.25, 0.3) is 0 Å². The summed E-state index contributed by atoms with van der Waals surface area (Å²) in [4.78, 5) is 4.30. The van der Waals surface area contributed by atoms with Crippen molar-refractivity contribution in [2.75, 3.05) is 6.54 Å². The van der Waals surface area contributed by atoms with E-state index in [1.54, 1.807) is 0 Å². The van der Waals surface area contributed by atoms with Crippen LogP contribution in [0.3, 0.4) is 0 Å². The molecule has 1 aliphatic rings. The van der Waals surface area contributed by atoms with Crippen molar-refractivity contribution in [2.24, 2.45) is 5.41 Å². The van der Waals surface area contributed by atoms with Crippen LogP contribution in [-0.2, 0) is 6.54 Å². The van der Waals surface area contributed by atoms with E-state index >= 15 is 0 Å². The van der Waals surface area contributed by atoms with Crippen LogP contribution in [-0.4, -0.2) is 11.5 Å². The normalized spacial score (nSPS) is 17.2. The van der Waals surface area contributed by atoms with Crippen LogP contribution in [0.5, 0.6) is 0 Å². The predicted molar refractivity (Wildman–Crippen MR) is 70.8 cm³/mol. The Bertz CT molecular complexity index is 524. The topological polar surface area (TPSA) is 24.9 Å². The molecule has 1 N–H and O–H groups in total. The fourth-order valence-corrected chi connectivity index (χ4v) is 2.21. The number of nitrogens with one attached hydrogen (secondary N) is 1. The minimum atomic E-state index is 0.567. The van der Waals surface area contributed by atoms with Crippen LogP contribution in [0.2, 0.25) is 0 Å². The van der Waals surface area contributed by atoms with Crippen LogP contribution in [0.25, 0.3) is 10.8 Å². The quantitative estimate of drug-likeness (QED) is 0.866. The summed E-state index contributed by atoms with van der Waals surface area (Å²) in [6.45, 7) is 4.39. The maximum Gasteiger partial charge on any atom is 0.0346 e. The second-order valence-corrected chi connectivity index (χ2v) is 5.43. The summed E-state index contributed by atoms with van der Waals surface area (Å²) >= 11 is 0. The third-order valence-electron chi connectivity index (χ3n) is 3.72. The second kappa shape index (κ2) is 4.11. The first-order chi connectivity index (χ1) is 8.27. The van der Waals surface area contributed by atoms with Gasteiger partial charge in [-0.1, -0.05) is 31.2 Å². The number of aromatic nitrogens is 1. The first-order valence-electron chi connectivity index (χ1n) is 6.29. The Morgan fingerprint density at radius 1 is 1.24 bits per heavy atom. The molecule has 17 heavy (non-hydrogen) atoms. The molecule has 1 aliphatic carbocycles. The average molecular weight is 226 g/mol. The number of hydrogen-bond donors (Lipinski definition) is 1. The molecule has 0 radical (unpaired) electrons. The highest BCUT2D eigenvalue weighted by atomic mass is 14.9. The van der Waals surface area contributed by atoms with E-state index in [1.165, 1.54) is 29.2 Å².